The molecule has 0 saturated heterocycles. The van der Waals surface area contributed by atoms with Crippen LogP contribution in [0.25, 0.3) is 22.3 Å². The zero-order valence-electron chi connectivity index (χ0n) is 26.8. The van der Waals surface area contributed by atoms with E-state index in [2.05, 4.69) is 12.2 Å². The number of hydrogen-bond acceptors (Lipinski definition) is 8. The number of cyclic esters (lactones) is 1. The van der Waals surface area contributed by atoms with Gasteiger partial charge in [0.2, 0.25) is 11.8 Å². The van der Waals surface area contributed by atoms with E-state index in [4.69, 9.17) is 14.5 Å². The van der Waals surface area contributed by atoms with Crippen LogP contribution >= 0.6 is 0 Å². The van der Waals surface area contributed by atoms with E-state index in [0.29, 0.717) is 67.2 Å². The summed E-state index contributed by atoms with van der Waals surface area (Å²) in [4.78, 5) is 57.4. The summed E-state index contributed by atoms with van der Waals surface area (Å²) in [5.41, 5.74) is 3.13. The fraction of sp³-hybridized carbons (Fsp3) is 0.361. The monoisotopic (exact) mass is 638 g/mol. The van der Waals surface area contributed by atoms with Crippen molar-refractivity contribution in [2.45, 2.75) is 65.2 Å². The van der Waals surface area contributed by atoms with Gasteiger partial charge < -0.3 is 29.4 Å². The third kappa shape index (κ3) is 5.76. The number of benzene rings is 2. The van der Waals surface area contributed by atoms with E-state index in [9.17, 15) is 24.3 Å². The number of rotatable bonds is 11. The Labute approximate surface area is 272 Å². The Morgan fingerprint density at radius 2 is 1.87 bits per heavy atom. The summed E-state index contributed by atoms with van der Waals surface area (Å²) >= 11 is 0. The first-order valence-electron chi connectivity index (χ1n) is 16.1. The van der Waals surface area contributed by atoms with Gasteiger partial charge in [-0.2, -0.15) is 0 Å². The van der Waals surface area contributed by atoms with Crippen molar-refractivity contribution in [3.05, 3.63) is 87.2 Å². The number of carbonyl (C=O) groups excluding carboxylic acids is 3. The average Bonchev–Trinajstić information content (AvgIpc) is 3.46. The Morgan fingerprint density at radius 1 is 1.09 bits per heavy atom. The molecule has 0 radical (unpaired) electrons. The third-order valence-corrected chi connectivity index (χ3v) is 9.05. The Morgan fingerprint density at radius 3 is 2.60 bits per heavy atom. The zero-order valence-corrected chi connectivity index (χ0v) is 26.8. The fourth-order valence-corrected chi connectivity index (χ4v) is 6.45. The van der Waals surface area contributed by atoms with Crippen molar-refractivity contribution in [2.75, 3.05) is 24.6 Å². The molecule has 2 N–H and O–H groups in total. The van der Waals surface area contributed by atoms with E-state index in [0.717, 1.165) is 27.7 Å². The number of amides is 2. The van der Waals surface area contributed by atoms with E-state index in [1.54, 1.807) is 29.4 Å². The lowest BCUT2D eigenvalue weighted by Gasteiger charge is -2.31. The highest BCUT2D eigenvalue weighted by Gasteiger charge is 2.45. The molecule has 4 aromatic rings. The maximum Gasteiger partial charge on any atom is 0.343 e. The molecule has 2 aliphatic heterocycles. The zero-order chi connectivity index (χ0) is 33.3. The second-order valence-corrected chi connectivity index (χ2v) is 11.8. The van der Waals surface area contributed by atoms with Crippen LogP contribution in [0.15, 0.2) is 59.4 Å². The van der Waals surface area contributed by atoms with Crippen molar-refractivity contribution in [1.82, 2.24) is 14.9 Å². The SMILES string of the molecule is CCC(=O)NCC(=O)N(CCCOc1ccc2nc3c(c(CC)c2c1)Cn1c-3cc2c(c1=O)COC(=O)[C@]2(O)CC)c1ccccc1. The van der Waals surface area contributed by atoms with Gasteiger partial charge >= 0.3 is 5.97 Å². The van der Waals surface area contributed by atoms with Crippen LogP contribution in [0.4, 0.5) is 5.69 Å². The largest absolute Gasteiger partial charge is 0.494 e. The van der Waals surface area contributed by atoms with Gasteiger partial charge in [-0.1, -0.05) is 39.0 Å². The minimum atomic E-state index is -1.88. The highest BCUT2D eigenvalue weighted by Crippen LogP contribution is 2.40. The number of fused-ring (bicyclic) bond motifs is 5. The number of anilines is 1. The average molecular weight is 639 g/mol. The highest BCUT2D eigenvalue weighted by atomic mass is 16.6. The minimum absolute atomic E-state index is 0.0752. The number of aromatic nitrogens is 2. The molecule has 0 bridgehead atoms. The summed E-state index contributed by atoms with van der Waals surface area (Å²) in [6, 6.07) is 16.8. The van der Waals surface area contributed by atoms with Gasteiger partial charge in [-0.05, 0) is 61.2 Å². The second kappa shape index (κ2) is 13.0. The van der Waals surface area contributed by atoms with Crippen LogP contribution in [0, 0.1) is 0 Å². The van der Waals surface area contributed by atoms with Gasteiger partial charge in [0.15, 0.2) is 5.60 Å². The van der Waals surface area contributed by atoms with Crippen LogP contribution in [0.1, 0.15) is 62.3 Å². The van der Waals surface area contributed by atoms with Gasteiger partial charge in [-0.25, -0.2) is 9.78 Å². The molecule has 0 unspecified atom stereocenters. The second-order valence-electron chi connectivity index (χ2n) is 11.8. The number of pyridine rings is 2. The molecule has 0 fully saturated rings. The third-order valence-electron chi connectivity index (χ3n) is 9.05. The molecular formula is C36H38N4O7. The Hall–Kier alpha value is -5.03. The first-order valence-corrected chi connectivity index (χ1v) is 16.1. The summed E-state index contributed by atoms with van der Waals surface area (Å²) in [6.07, 6.45) is 1.64. The number of para-hydroxylation sites is 1. The standard InChI is InChI=1S/C36H38N4O7/c1-4-24-25-17-23(46-16-10-15-39(22-11-8-7-9-12-22)32(42)19-37-31(41)5-2)13-14-29(25)38-33-26(24)20-40-30(33)18-28-27(34(40)43)21-47-35(44)36(28,45)6-3/h7-9,11-14,17-18,45H,4-6,10,15-16,19-21H2,1-3H3,(H,37,41)/t36-/m0/s1. The van der Waals surface area contributed by atoms with E-state index >= 15 is 0 Å². The number of aryl methyl sites for hydroxylation is 1. The van der Waals surface area contributed by atoms with Gasteiger partial charge in [-0.3, -0.25) is 14.4 Å². The number of aliphatic hydroxyl groups is 1. The summed E-state index contributed by atoms with van der Waals surface area (Å²) in [7, 11) is 0. The van der Waals surface area contributed by atoms with E-state index < -0.39 is 11.6 Å². The lowest BCUT2D eigenvalue weighted by atomic mass is 9.86. The summed E-state index contributed by atoms with van der Waals surface area (Å²) < 4.78 is 13.0. The quantitative estimate of drug-likeness (QED) is 0.164. The molecule has 11 nitrogen and oxygen atoms in total. The number of esters is 1. The van der Waals surface area contributed by atoms with E-state index in [1.165, 1.54) is 0 Å². The number of nitrogens with zero attached hydrogens (tertiary/aromatic N) is 3. The summed E-state index contributed by atoms with van der Waals surface area (Å²) in [5.74, 6) is -0.463. The summed E-state index contributed by atoms with van der Waals surface area (Å²) in [5, 5.41) is 14.8. The predicted molar refractivity (Wildman–Crippen MR) is 176 cm³/mol. The molecule has 2 aromatic carbocycles. The van der Waals surface area contributed by atoms with Gasteiger partial charge in [0.1, 0.15) is 12.4 Å². The molecule has 2 aliphatic rings. The van der Waals surface area contributed by atoms with Crippen LogP contribution in [0.2, 0.25) is 0 Å². The molecule has 0 aliphatic carbocycles. The molecule has 6 rings (SSSR count). The van der Waals surface area contributed by atoms with Crippen LogP contribution in [-0.2, 0) is 44.3 Å². The predicted octanol–water partition coefficient (Wildman–Crippen LogP) is 3.97. The number of carbonyl (C=O) groups is 3. The Bertz CT molecular complexity index is 1940. The molecule has 47 heavy (non-hydrogen) atoms. The van der Waals surface area contributed by atoms with E-state index in [-0.39, 0.29) is 36.9 Å². The Kier molecular flexibility index (Phi) is 8.83. The van der Waals surface area contributed by atoms with E-state index in [1.807, 2.05) is 48.5 Å². The minimum Gasteiger partial charge on any atom is -0.494 e. The molecule has 11 heteroatoms. The topological polar surface area (TPSA) is 140 Å². The van der Waals surface area contributed by atoms with Crippen LogP contribution in [0.5, 0.6) is 5.75 Å². The maximum absolute atomic E-state index is 13.6. The maximum atomic E-state index is 13.6. The van der Waals surface area contributed by atoms with Crippen molar-refractivity contribution in [1.29, 1.82) is 0 Å². The van der Waals surface area contributed by atoms with Gasteiger partial charge in [-0.15, -0.1) is 0 Å². The molecule has 244 valence electrons. The van der Waals surface area contributed by atoms with Crippen molar-refractivity contribution in [2.24, 2.45) is 0 Å². The summed E-state index contributed by atoms with van der Waals surface area (Å²) in [6.45, 7) is 6.33. The van der Waals surface area contributed by atoms with Gasteiger partial charge in [0.25, 0.3) is 5.56 Å². The van der Waals surface area contributed by atoms with Gasteiger partial charge in [0, 0.05) is 35.2 Å². The molecule has 0 saturated carbocycles. The first kappa shape index (κ1) is 31.9. The van der Waals surface area contributed by atoms with Crippen LogP contribution in [-0.4, -0.2) is 52.1 Å². The van der Waals surface area contributed by atoms with Crippen LogP contribution in [0.3, 0.4) is 0 Å². The lowest BCUT2D eigenvalue weighted by molar-refractivity contribution is -0.172. The lowest BCUT2D eigenvalue weighted by Crippen LogP contribution is -2.44. The molecule has 2 amide bonds. The number of hydrogen-bond donors (Lipinski definition) is 2. The molecule has 2 aromatic heterocycles. The van der Waals surface area contributed by atoms with Crippen molar-refractivity contribution in [3.8, 4) is 17.1 Å². The molecular weight excluding hydrogens is 600 g/mol. The smallest absolute Gasteiger partial charge is 0.343 e. The molecule has 1 atom stereocenters. The number of nitrogens with one attached hydrogen (secondary N) is 1. The van der Waals surface area contributed by atoms with Crippen molar-refractivity contribution < 1.29 is 29.0 Å². The highest BCUT2D eigenvalue weighted by molar-refractivity contribution is 5.96. The Balaban J connectivity index is 1.23. The normalized spacial score (nSPS) is 16.2. The fourth-order valence-electron chi connectivity index (χ4n) is 6.45. The van der Waals surface area contributed by atoms with Crippen molar-refractivity contribution >= 4 is 34.4 Å². The first-order chi connectivity index (χ1) is 22.7. The van der Waals surface area contributed by atoms with Gasteiger partial charge in [0.05, 0.1) is 42.2 Å². The molecule has 4 heterocycles. The molecule has 0 spiro atoms. The number of ether oxygens (including phenoxy) is 2. The van der Waals surface area contributed by atoms with Crippen LogP contribution < -0.4 is 20.5 Å². The van der Waals surface area contributed by atoms with Crippen molar-refractivity contribution in [3.63, 3.8) is 0 Å².